The fourth-order valence-electron chi connectivity index (χ4n) is 2.38. The Bertz CT molecular complexity index is 511. The summed E-state index contributed by atoms with van der Waals surface area (Å²) in [6.07, 6.45) is 8.03. The van der Waals surface area contributed by atoms with Crippen molar-refractivity contribution in [3.05, 3.63) is 29.8 Å². The van der Waals surface area contributed by atoms with E-state index in [9.17, 15) is 4.79 Å². The van der Waals surface area contributed by atoms with E-state index in [1.165, 1.54) is 19.3 Å². The minimum atomic E-state index is -0.0604. The van der Waals surface area contributed by atoms with E-state index in [0.717, 1.165) is 18.5 Å². The van der Waals surface area contributed by atoms with Gasteiger partial charge in [0.25, 0.3) is 0 Å². The maximum absolute atomic E-state index is 11.9. The molecule has 0 saturated carbocycles. The zero-order chi connectivity index (χ0) is 17.1. The Morgan fingerprint density at radius 2 is 1.96 bits per heavy atom. The van der Waals surface area contributed by atoms with Gasteiger partial charge in [0.15, 0.2) is 11.5 Å². The van der Waals surface area contributed by atoms with Gasteiger partial charge in [-0.25, -0.2) is 0 Å². The van der Waals surface area contributed by atoms with Crippen LogP contribution in [0.5, 0.6) is 11.5 Å². The molecule has 0 fully saturated rings. The molecule has 0 aliphatic rings. The second-order valence-corrected chi connectivity index (χ2v) is 5.61. The Labute approximate surface area is 139 Å². The van der Waals surface area contributed by atoms with Crippen LogP contribution in [0, 0.1) is 5.92 Å². The summed E-state index contributed by atoms with van der Waals surface area (Å²) in [5, 5.41) is 2.98. The van der Waals surface area contributed by atoms with Gasteiger partial charge >= 0.3 is 0 Å². The van der Waals surface area contributed by atoms with Crippen molar-refractivity contribution in [3.63, 3.8) is 0 Å². The molecule has 0 spiro atoms. The number of hydrogen-bond acceptors (Lipinski definition) is 3. The first kappa shape index (κ1) is 19.1. The van der Waals surface area contributed by atoms with Gasteiger partial charge in [0.05, 0.1) is 14.2 Å². The SMILES string of the molecule is CCCC[C@@H](CC)CNC(=O)/C=C/c1ccc(OC)c(OC)c1. The first-order valence-electron chi connectivity index (χ1n) is 8.32. The highest BCUT2D eigenvalue weighted by Crippen LogP contribution is 2.27. The van der Waals surface area contributed by atoms with Crippen LogP contribution < -0.4 is 14.8 Å². The van der Waals surface area contributed by atoms with E-state index in [0.29, 0.717) is 17.4 Å². The third-order valence-electron chi connectivity index (χ3n) is 3.94. The van der Waals surface area contributed by atoms with Crippen molar-refractivity contribution in [2.24, 2.45) is 5.92 Å². The summed E-state index contributed by atoms with van der Waals surface area (Å²) in [6, 6.07) is 5.56. The molecule has 1 aromatic rings. The van der Waals surface area contributed by atoms with E-state index in [4.69, 9.17) is 9.47 Å². The molecule has 1 atom stereocenters. The summed E-state index contributed by atoms with van der Waals surface area (Å²) >= 11 is 0. The van der Waals surface area contributed by atoms with E-state index in [-0.39, 0.29) is 5.91 Å². The fraction of sp³-hybridized carbons (Fsp3) is 0.526. The number of amides is 1. The molecule has 1 amide bonds. The van der Waals surface area contributed by atoms with Crippen LogP contribution in [0.4, 0.5) is 0 Å². The first-order valence-corrected chi connectivity index (χ1v) is 8.32. The maximum atomic E-state index is 11.9. The van der Waals surface area contributed by atoms with Crippen LogP contribution in [0.1, 0.15) is 45.1 Å². The van der Waals surface area contributed by atoms with Crippen molar-refractivity contribution in [3.8, 4) is 11.5 Å². The van der Waals surface area contributed by atoms with Crippen LogP contribution >= 0.6 is 0 Å². The Hall–Kier alpha value is -1.97. The van der Waals surface area contributed by atoms with Crippen LogP contribution in [0.25, 0.3) is 6.08 Å². The highest BCUT2D eigenvalue weighted by molar-refractivity contribution is 5.91. The van der Waals surface area contributed by atoms with Crippen molar-refractivity contribution >= 4 is 12.0 Å². The van der Waals surface area contributed by atoms with Crippen LogP contribution in [0.15, 0.2) is 24.3 Å². The zero-order valence-electron chi connectivity index (χ0n) is 14.7. The largest absolute Gasteiger partial charge is 0.493 e. The number of unbranched alkanes of at least 4 members (excludes halogenated alkanes) is 1. The summed E-state index contributed by atoms with van der Waals surface area (Å²) in [7, 11) is 3.20. The summed E-state index contributed by atoms with van der Waals surface area (Å²) in [5.41, 5.74) is 0.899. The number of hydrogen-bond donors (Lipinski definition) is 1. The van der Waals surface area contributed by atoms with Crippen molar-refractivity contribution < 1.29 is 14.3 Å². The molecular formula is C19H29NO3. The van der Waals surface area contributed by atoms with Crippen molar-refractivity contribution in [1.82, 2.24) is 5.32 Å². The fourth-order valence-corrected chi connectivity index (χ4v) is 2.38. The molecule has 1 rings (SSSR count). The van der Waals surface area contributed by atoms with Gasteiger partial charge in [-0.2, -0.15) is 0 Å². The van der Waals surface area contributed by atoms with Crippen LogP contribution in [0.3, 0.4) is 0 Å². The minimum absolute atomic E-state index is 0.0604. The molecule has 0 aromatic heterocycles. The summed E-state index contributed by atoms with van der Waals surface area (Å²) in [6.45, 7) is 5.11. The van der Waals surface area contributed by atoms with Gasteiger partial charge in [0, 0.05) is 12.6 Å². The minimum Gasteiger partial charge on any atom is -0.493 e. The molecule has 0 aliphatic heterocycles. The molecule has 0 radical (unpaired) electrons. The molecule has 23 heavy (non-hydrogen) atoms. The van der Waals surface area contributed by atoms with Gasteiger partial charge in [-0.05, 0) is 36.1 Å². The predicted octanol–water partition coefficient (Wildman–Crippen LogP) is 4.05. The van der Waals surface area contributed by atoms with Gasteiger partial charge in [-0.15, -0.1) is 0 Å². The van der Waals surface area contributed by atoms with Crippen molar-refractivity contribution in [2.75, 3.05) is 20.8 Å². The van der Waals surface area contributed by atoms with E-state index < -0.39 is 0 Å². The topological polar surface area (TPSA) is 47.6 Å². The van der Waals surface area contributed by atoms with Gasteiger partial charge in [0.2, 0.25) is 5.91 Å². The van der Waals surface area contributed by atoms with Crippen molar-refractivity contribution in [2.45, 2.75) is 39.5 Å². The number of ether oxygens (including phenoxy) is 2. The highest BCUT2D eigenvalue weighted by Gasteiger charge is 2.07. The molecule has 128 valence electrons. The van der Waals surface area contributed by atoms with Crippen LogP contribution in [-0.4, -0.2) is 26.7 Å². The quantitative estimate of drug-likeness (QED) is 0.662. The zero-order valence-corrected chi connectivity index (χ0v) is 14.7. The standard InChI is InChI=1S/C19H29NO3/c1-5-7-8-15(6-2)14-20-19(21)12-10-16-9-11-17(22-3)18(13-16)23-4/h9-13,15H,5-8,14H2,1-4H3,(H,20,21)/b12-10+/t15-/m1/s1. The highest BCUT2D eigenvalue weighted by atomic mass is 16.5. The van der Waals surface area contributed by atoms with Crippen LogP contribution in [0.2, 0.25) is 0 Å². The van der Waals surface area contributed by atoms with E-state index in [1.807, 2.05) is 18.2 Å². The predicted molar refractivity (Wildman–Crippen MR) is 94.9 cm³/mol. The van der Waals surface area contributed by atoms with E-state index >= 15 is 0 Å². The Morgan fingerprint density at radius 3 is 2.57 bits per heavy atom. The lowest BCUT2D eigenvalue weighted by atomic mass is 9.99. The van der Waals surface area contributed by atoms with Crippen molar-refractivity contribution in [1.29, 1.82) is 0 Å². The average molecular weight is 319 g/mol. The van der Waals surface area contributed by atoms with Crippen LogP contribution in [-0.2, 0) is 4.79 Å². The molecule has 0 bridgehead atoms. The normalized spacial score (nSPS) is 12.2. The summed E-state index contributed by atoms with van der Waals surface area (Å²) in [5.74, 6) is 1.83. The van der Waals surface area contributed by atoms with Gasteiger partial charge < -0.3 is 14.8 Å². The van der Waals surface area contributed by atoms with E-state index in [1.54, 1.807) is 26.4 Å². The third-order valence-corrected chi connectivity index (χ3v) is 3.94. The van der Waals surface area contributed by atoms with E-state index in [2.05, 4.69) is 19.2 Å². The summed E-state index contributed by atoms with van der Waals surface area (Å²) < 4.78 is 10.5. The smallest absolute Gasteiger partial charge is 0.244 e. The first-order chi connectivity index (χ1) is 11.1. The Balaban J connectivity index is 2.54. The second-order valence-electron chi connectivity index (χ2n) is 5.61. The number of benzene rings is 1. The number of carbonyl (C=O) groups is 1. The number of rotatable bonds is 10. The molecule has 0 heterocycles. The molecule has 1 aromatic carbocycles. The number of methoxy groups -OCH3 is 2. The van der Waals surface area contributed by atoms with Gasteiger partial charge in [0.1, 0.15) is 0 Å². The van der Waals surface area contributed by atoms with Gasteiger partial charge in [-0.3, -0.25) is 4.79 Å². The molecule has 4 nitrogen and oxygen atoms in total. The molecule has 4 heteroatoms. The van der Waals surface area contributed by atoms with Gasteiger partial charge in [-0.1, -0.05) is 39.2 Å². The lowest BCUT2D eigenvalue weighted by Crippen LogP contribution is -2.27. The third kappa shape index (κ3) is 6.76. The average Bonchev–Trinajstić information content (AvgIpc) is 2.59. The molecule has 1 N–H and O–H groups in total. The Kier molecular flexibility index (Phi) is 8.88. The number of carbonyl (C=O) groups excluding carboxylic acids is 1. The monoisotopic (exact) mass is 319 g/mol. The lowest BCUT2D eigenvalue weighted by Gasteiger charge is -2.14. The molecule has 0 unspecified atom stereocenters. The lowest BCUT2D eigenvalue weighted by molar-refractivity contribution is -0.116. The Morgan fingerprint density at radius 1 is 1.22 bits per heavy atom. The second kappa shape index (κ2) is 10.7. The molecular weight excluding hydrogens is 290 g/mol. The summed E-state index contributed by atoms with van der Waals surface area (Å²) in [4.78, 5) is 11.9. The maximum Gasteiger partial charge on any atom is 0.244 e. The molecule has 0 aliphatic carbocycles. The molecule has 0 saturated heterocycles. The number of nitrogens with one attached hydrogen (secondary N) is 1.